The van der Waals surface area contributed by atoms with Crippen LogP contribution in [0, 0.1) is 0 Å². The normalized spacial score (nSPS) is 29.2. The minimum atomic E-state index is 0.176. The van der Waals surface area contributed by atoms with Crippen LogP contribution in [0.1, 0.15) is 44.5 Å². The van der Waals surface area contributed by atoms with Crippen LogP contribution in [-0.2, 0) is 16.6 Å². The molecule has 23 heavy (non-hydrogen) atoms. The van der Waals surface area contributed by atoms with Crippen molar-refractivity contribution in [3.05, 3.63) is 18.2 Å². The highest BCUT2D eigenvalue weighted by Gasteiger charge is 2.31. The highest BCUT2D eigenvalue weighted by Crippen LogP contribution is 2.25. The Bertz CT molecular complexity index is 544. The van der Waals surface area contributed by atoms with Crippen LogP contribution in [0.25, 0.3) is 0 Å². The number of hydrogen-bond acceptors (Lipinski definition) is 4. The van der Waals surface area contributed by atoms with E-state index in [2.05, 4.69) is 23.9 Å². The van der Waals surface area contributed by atoms with Gasteiger partial charge in [0.2, 0.25) is 5.91 Å². The lowest BCUT2D eigenvalue weighted by Crippen LogP contribution is -2.49. The van der Waals surface area contributed by atoms with E-state index in [0.717, 1.165) is 44.7 Å². The summed E-state index contributed by atoms with van der Waals surface area (Å²) >= 11 is 0. The SMILES string of the molecule is C[C@@H]1CC[C@@H](CCC(=O)N2CCN(C)[C@@H](c3nccn3C)C2)O1. The van der Waals surface area contributed by atoms with Gasteiger partial charge < -0.3 is 14.2 Å². The fourth-order valence-electron chi connectivity index (χ4n) is 3.62. The number of hydrogen-bond donors (Lipinski definition) is 0. The van der Waals surface area contributed by atoms with Crippen LogP contribution < -0.4 is 0 Å². The van der Waals surface area contributed by atoms with Gasteiger partial charge in [0.15, 0.2) is 0 Å². The van der Waals surface area contributed by atoms with Gasteiger partial charge in [-0.3, -0.25) is 9.69 Å². The Morgan fingerprint density at radius 3 is 2.83 bits per heavy atom. The average Bonchev–Trinajstić information content (AvgIpc) is 3.14. The van der Waals surface area contributed by atoms with Crippen molar-refractivity contribution in [3.63, 3.8) is 0 Å². The monoisotopic (exact) mass is 320 g/mol. The number of ether oxygens (including phenoxy) is 1. The average molecular weight is 320 g/mol. The Hall–Kier alpha value is -1.40. The molecule has 0 aromatic carbocycles. The second-order valence-electron chi connectivity index (χ2n) is 6.92. The van der Waals surface area contributed by atoms with Gasteiger partial charge in [0.05, 0.1) is 18.2 Å². The second-order valence-corrected chi connectivity index (χ2v) is 6.92. The van der Waals surface area contributed by atoms with Crippen molar-refractivity contribution >= 4 is 5.91 Å². The Morgan fingerprint density at radius 2 is 2.17 bits per heavy atom. The van der Waals surface area contributed by atoms with Gasteiger partial charge in [0, 0.05) is 45.5 Å². The lowest BCUT2D eigenvalue weighted by atomic mass is 10.1. The molecule has 3 atom stereocenters. The number of piperazine rings is 1. The van der Waals surface area contributed by atoms with Crippen molar-refractivity contribution in [3.8, 4) is 0 Å². The number of rotatable bonds is 4. The van der Waals surface area contributed by atoms with Crippen molar-refractivity contribution in [2.75, 3.05) is 26.7 Å². The Morgan fingerprint density at radius 1 is 1.35 bits per heavy atom. The first-order valence-corrected chi connectivity index (χ1v) is 8.65. The number of carbonyl (C=O) groups is 1. The summed E-state index contributed by atoms with van der Waals surface area (Å²) in [6, 6.07) is 0.176. The van der Waals surface area contributed by atoms with Gasteiger partial charge in [0.1, 0.15) is 5.82 Å². The van der Waals surface area contributed by atoms with Gasteiger partial charge >= 0.3 is 0 Å². The molecule has 0 aliphatic carbocycles. The largest absolute Gasteiger partial charge is 0.375 e. The molecule has 0 unspecified atom stereocenters. The maximum atomic E-state index is 12.6. The standard InChI is InChI=1S/C17H28N4O2/c1-13-4-5-14(23-13)6-7-16(22)21-11-10-19(2)15(12-21)17-18-8-9-20(17)3/h8-9,13-15H,4-7,10-12H2,1-3H3/t13-,14+,15-/m1/s1. The number of imidazole rings is 1. The zero-order valence-corrected chi connectivity index (χ0v) is 14.4. The van der Waals surface area contributed by atoms with Crippen LogP contribution >= 0.6 is 0 Å². The molecule has 6 heteroatoms. The number of aryl methyl sites for hydroxylation is 1. The third-order valence-corrected chi connectivity index (χ3v) is 5.16. The molecule has 0 N–H and O–H groups in total. The molecule has 2 aliphatic heterocycles. The molecule has 6 nitrogen and oxygen atoms in total. The summed E-state index contributed by atoms with van der Waals surface area (Å²) in [6.07, 6.45) is 8.06. The number of carbonyl (C=O) groups excluding carboxylic acids is 1. The predicted octanol–water partition coefficient (Wildman–Crippen LogP) is 1.58. The third kappa shape index (κ3) is 3.75. The fourth-order valence-corrected chi connectivity index (χ4v) is 3.62. The number of amides is 1. The van der Waals surface area contributed by atoms with Crippen LogP contribution in [0.2, 0.25) is 0 Å². The van der Waals surface area contributed by atoms with E-state index in [1.165, 1.54) is 0 Å². The molecule has 1 aromatic rings. The summed E-state index contributed by atoms with van der Waals surface area (Å²) in [6.45, 7) is 4.53. The van der Waals surface area contributed by atoms with E-state index in [4.69, 9.17) is 4.74 Å². The Kier molecular flexibility index (Phi) is 5.02. The van der Waals surface area contributed by atoms with Gasteiger partial charge in [0.25, 0.3) is 0 Å². The van der Waals surface area contributed by atoms with Crippen LogP contribution in [0.4, 0.5) is 0 Å². The smallest absolute Gasteiger partial charge is 0.222 e. The molecule has 1 amide bonds. The minimum absolute atomic E-state index is 0.176. The second kappa shape index (κ2) is 7.01. The van der Waals surface area contributed by atoms with Crippen molar-refractivity contribution in [2.24, 2.45) is 7.05 Å². The summed E-state index contributed by atoms with van der Waals surface area (Å²) < 4.78 is 7.86. The fraction of sp³-hybridized carbons (Fsp3) is 0.765. The molecule has 0 spiro atoms. The highest BCUT2D eigenvalue weighted by atomic mass is 16.5. The number of aromatic nitrogens is 2. The zero-order chi connectivity index (χ0) is 16.4. The molecular formula is C17H28N4O2. The number of likely N-dealkylation sites (N-methyl/N-ethyl adjacent to an activating group) is 1. The van der Waals surface area contributed by atoms with Gasteiger partial charge in [-0.15, -0.1) is 0 Å². The summed E-state index contributed by atoms with van der Waals surface area (Å²) in [5, 5.41) is 0. The van der Waals surface area contributed by atoms with Crippen molar-refractivity contribution < 1.29 is 9.53 Å². The topological polar surface area (TPSA) is 50.6 Å². The molecule has 2 aliphatic rings. The molecule has 1 aromatic heterocycles. The van der Waals surface area contributed by atoms with E-state index in [9.17, 15) is 4.79 Å². The zero-order valence-electron chi connectivity index (χ0n) is 14.4. The summed E-state index contributed by atoms with van der Waals surface area (Å²) in [7, 11) is 4.12. The summed E-state index contributed by atoms with van der Waals surface area (Å²) in [4.78, 5) is 21.3. The first-order valence-electron chi connectivity index (χ1n) is 8.65. The van der Waals surface area contributed by atoms with E-state index >= 15 is 0 Å². The predicted molar refractivity (Wildman–Crippen MR) is 88.0 cm³/mol. The van der Waals surface area contributed by atoms with E-state index in [0.29, 0.717) is 12.5 Å². The van der Waals surface area contributed by atoms with Crippen LogP contribution in [0.3, 0.4) is 0 Å². The number of nitrogens with zero attached hydrogens (tertiary/aromatic N) is 4. The van der Waals surface area contributed by atoms with Crippen LogP contribution in [-0.4, -0.2) is 64.1 Å². The van der Waals surface area contributed by atoms with Gasteiger partial charge in [-0.05, 0) is 33.2 Å². The quantitative estimate of drug-likeness (QED) is 0.845. The molecule has 3 heterocycles. The Labute approximate surface area is 138 Å². The minimum Gasteiger partial charge on any atom is -0.375 e. The summed E-state index contributed by atoms with van der Waals surface area (Å²) in [5.41, 5.74) is 0. The molecule has 128 valence electrons. The van der Waals surface area contributed by atoms with Crippen LogP contribution in [0.15, 0.2) is 12.4 Å². The first kappa shape index (κ1) is 16.5. The third-order valence-electron chi connectivity index (χ3n) is 5.16. The maximum Gasteiger partial charge on any atom is 0.222 e. The summed E-state index contributed by atoms with van der Waals surface area (Å²) in [5.74, 6) is 1.28. The lowest BCUT2D eigenvalue weighted by molar-refractivity contribution is -0.134. The molecule has 0 radical (unpaired) electrons. The van der Waals surface area contributed by atoms with Crippen molar-refractivity contribution in [2.45, 2.75) is 50.9 Å². The molecule has 2 saturated heterocycles. The van der Waals surface area contributed by atoms with E-state index in [1.807, 2.05) is 28.9 Å². The van der Waals surface area contributed by atoms with Crippen molar-refractivity contribution in [1.82, 2.24) is 19.4 Å². The van der Waals surface area contributed by atoms with Crippen LogP contribution in [0.5, 0.6) is 0 Å². The Balaban J connectivity index is 1.55. The molecular weight excluding hydrogens is 292 g/mol. The maximum absolute atomic E-state index is 12.6. The molecule has 2 fully saturated rings. The van der Waals surface area contributed by atoms with Crippen molar-refractivity contribution in [1.29, 1.82) is 0 Å². The molecule has 0 bridgehead atoms. The van der Waals surface area contributed by atoms with Gasteiger partial charge in [-0.1, -0.05) is 0 Å². The van der Waals surface area contributed by atoms with Gasteiger partial charge in [-0.2, -0.15) is 0 Å². The van der Waals surface area contributed by atoms with E-state index in [1.54, 1.807) is 0 Å². The molecule has 3 rings (SSSR count). The van der Waals surface area contributed by atoms with Gasteiger partial charge in [-0.25, -0.2) is 4.98 Å². The van der Waals surface area contributed by atoms with E-state index < -0.39 is 0 Å². The highest BCUT2D eigenvalue weighted by molar-refractivity contribution is 5.76. The first-order chi connectivity index (χ1) is 11.0. The van der Waals surface area contributed by atoms with E-state index in [-0.39, 0.29) is 18.1 Å². The lowest BCUT2D eigenvalue weighted by Gasteiger charge is -2.39. The molecule has 0 saturated carbocycles.